The lowest BCUT2D eigenvalue weighted by atomic mass is 9.77. The van der Waals surface area contributed by atoms with Crippen molar-refractivity contribution in [2.24, 2.45) is 0 Å². The number of halogens is 4. The van der Waals surface area contributed by atoms with Crippen LogP contribution in [0.2, 0.25) is 0 Å². The van der Waals surface area contributed by atoms with Crippen LogP contribution in [0.4, 0.5) is 34.0 Å². The second kappa shape index (κ2) is 11.4. The number of nitrogens with one attached hydrogen (secondary N) is 1. The maximum absolute atomic E-state index is 15.9. The minimum atomic E-state index is -4.43. The molecule has 226 valence electrons. The number of hydrogen-bond donors (Lipinski definition) is 1. The number of nitrogens with zero attached hydrogens (tertiary/aromatic N) is 6. The summed E-state index contributed by atoms with van der Waals surface area (Å²) in [5.74, 6) is -0.167. The van der Waals surface area contributed by atoms with E-state index >= 15 is 4.39 Å². The first-order valence-corrected chi connectivity index (χ1v) is 13.8. The van der Waals surface area contributed by atoms with Crippen LogP contribution in [0.1, 0.15) is 63.4 Å². The van der Waals surface area contributed by atoms with Crippen LogP contribution in [-0.4, -0.2) is 62.4 Å². The molecule has 3 aromatic rings. The number of carbonyl (C=O) groups excluding carboxylic acids is 1. The molecule has 1 saturated carbocycles. The van der Waals surface area contributed by atoms with Gasteiger partial charge < -0.3 is 24.4 Å². The van der Waals surface area contributed by atoms with E-state index in [0.29, 0.717) is 37.3 Å². The van der Waals surface area contributed by atoms with Gasteiger partial charge in [0, 0.05) is 32.2 Å². The third kappa shape index (κ3) is 6.73. The molecular weight excluding hydrogens is 558 g/mol. The van der Waals surface area contributed by atoms with Crippen molar-refractivity contribution < 1.29 is 31.6 Å². The average Bonchev–Trinajstić information content (AvgIpc) is 3.62. The van der Waals surface area contributed by atoms with Gasteiger partial charge in [0.2, 0.25) is 12.2 Å². The number of amides is 1. The van der Waals surface area contributed by atoms with Gasteiger partial charge in [-0.25, -0.2) is 14.8 Å². The molecule has 10 nitrogen and oxygen atoms in total. The number of carbonyl (C=O) groups is 1. The number of hydrogen-bond acceptors (Lipinski definition) is 9. The maximum Gasteiger partial charge on any atom is 0.416 e. The fourth-order valence-electron chi connectivity index (χ4n) is 5.02. The Labute approximate surface area is 240 Å². The molecule has 42 heavy (non-hydrogen) atoms. The number of anilines is 2. The summed E-state index contributed by atoms with van der Waals surface area (Å²) in [5, 5.41) is 7.16. The molecule has 2 aliphatic rings. The van der Waals surface area contributed by atoms with Gasteiger partial charge in [0.15, 0.2) is 17.5 Å². The molecule has 1 aliphatic heterocycles. The fraction of sp³-hybridized carbons (Fsp3) is 0.536. The van der Waals surface area contributed by atoms with Gasteiger partial charge in [0.1, 0.15) is 11.9 Å². The summed E-state index contributed by atoms with van der Waals surface area (Å²) in [6.45, 7) is 6.59. The largest absolute Gasteiger partial charge is 0.444 e. The summed E-state index contributed by atoms with van der Waals surface area (Å²) in [5.41, 5.74) is -1.42. The van der Waals surface area contributed by atoms with Gasteiger partial charge in [-0.1, -0.05) is 17.3 Å². The fourth-order valence-corrected chi connectivity index (χ4v) is 5.02. The second-order valence-electron chi connectivity index (χ2n) is 11.8. The van der Waals surface area contributed by atoms with Gasteiger partial charge in [-0.05, 0) is 64.2 Å². The summed E-state index contributed by atoms with van der Waals surface area (Å²) >= 11 is 0. The summed E-state index contributed by atoms with van der Waals surface area (Å²) in [4.78, 5) is 28.6. The number of aromatic nitrogens is 4. The molecular formula is C28H33F4N7O3. The standard InChI is InChI=1S/C28H33F4N7O3/c1-26(2,3)42-25(40)38-12-10-27(11-13-38,24-36-17-41-37-24)15-33-22-21(29)23(35-16-34-22)39(20-8-9-20)14-18-4-6-19(7-5-18)28(30,31)32/h4-7,16-17,20H,8-15H2,1-3H3,(H,33,34,35). The van der Waals surface area contributed by atoms with E-state index in [-0.39, 0.29) is 30.8 Å². The predicted octanol–water partition coefficient (Wildman–Crippen LogP) is 5.57. The van der Waals surface area contributed by atoms with E-state index in [1.54, 1.807) is 30.6 Å². The minimum Gasteiger partial charge on any atom is -0.444 e. The monoisotopic (exact) mass is 591 g/mol. The molecule has 1 saturated heterocycles. The van der Waals surface area contributed by atoms with Gasteiger partial charge >= 0.3 is 12.3 Å². The molecule has 2 fully saturated rings. The number of piperidine rings is 1. The highest BCUT2D eigenvalue weighted by atomic mass is 19.4. The molecule has 1 amide bonds. The van der Waals surface area contributed by atoms with Crippen LogP contribution in [0.5, 0.6) is 0 Å². The van der Waals surface area contributed by atoms with E-state index in [9.17, 15) is 18.0 Å². The lowest BCUT2D eigenvalue weighted by Crippen LogP contribution is -2.49. The van der Waals surface area contributed by atoms with E-state index in [4.69, 9.17) is 9.26 Å². The highest BCUT2D eigenvalue weighted by molar-refractivity contribution is 5.68. The Morgan fingerprint density at radius 2 is 1.81 bits per heavy atom. The Hall–Kier alpha value is -3.97. The van der Waals surface area contributed by atoms with Crippen molar-refractivity contribution in [1.29, 1.82) is 0 Å². The average molecular weight is 592 g/mol. The zero-order chi connectivity index (χ0) is 30.1. The molecule has 0 spiro atoms. The SMILES string of the molecule is CC(C)(C)OC(=O)N1CCC(CNc2ncnc(N(Cc3ccc(C(F)(F)F)cc3)C3CC3)c2F)(c2ncon2)CC1. The van der Waals surface area contributed by atoms with Crippen molar-refractivity contribution in [3.8, 4) is 0 Å². The molecule has 2 aromatic heterocycles. The van der Waals surface area contributed by atoms with Gasteiger partial charge in [-0.3, -0.25) is 0 Å². The summed E-state index contributed by atoms with van der Waals surface area (Å²) in [7, 11) is 0. The van der Waals surface area contributed by atoms with Gasteiger partial charge in [0.25, 0.3) is 0 Å². The Morgan fingerprint density at radius 3 is 2.38 bits per heavy atom. The summed E-state index contributed by atoms with van der Waals surface area (Å²) in [6, 6.07) is 4.86. The first-order chi connectivity index (χ1) is 19.8. The molecule has 14 heteroatoms. The smallest absolute Gasteiger partial charge is 0.416 e. The molecule has 1 aliphatic carbocycles. The minimum absolute atomic E-state index is 0.0180. The first kappa shape index (κ1) is 29.5. The zero-order valence-electron chi connectivity index (χ0n) is 23.6. The Morgan fingerprint density at radius 1 is 1.12 bits per heavy atom. The third-order valence-electron chi connectivity index (χ3n) is 7.47. The lowest BCUT2D eigenvalue weighted by molar-refractivity contribution is -0.137. The maximum atomic E-state index is 15.9. The number of benzene rings is 1. The van der Waals surface area contributed by atoms with Crippen molar-refractivity contribution >= 4 is 17.7 Å². The van der Waals surface area contributed by atoms with Crippen LogP contribution in [0.15, 0.2) is 41.5 Å². The molecule has 0 atom stereocenters. The van der Waals surface area contributed by atoms with Gasteiger partial charge in [0.05, 0.1) is 11.0 Å². The van der Waals surface area contributed by atoms with Crippen LogP contribution in [0.25, 0.3) is 0 Å². The quantitative estimate of drug-likeness (QED) is 0.337. The normalized spacial score (nSPS) is 17.2. The number of alkyl halides is 3. The molecule has 3 heterocycles. The van der Waals surface area contributed by atoms with Crippen LogP contribution in [-0.2, 0) is 22.9 Å². The van der Waals surface area contributed by atoms with Crippen molar-refractivity contribution in [3.05, 3.63) is 59.8 Å². The van der Waals surface area contributed by atoms with Crippen LogP contribution >= 0.6 is 0 Å². The number of rotatable bonds is 8. The van der Waals surface area contributed by atoms with E-state index in [0.717, 1.165) is 25.0 Å². The topological polar surface area (TPSA) is 110 Å². The predicted molar refractivity (Wildman–Crippen MR) is 144 cm³/mol. The first-order valence-electron chi connectivity index (χ1n) is 13.8. The summed E-state index contributed by atoms with van der Waals surface area (Å²) in [6.07, 6.45) is 0.242. The summed E-state index contributed by atoms with van der Waals surface area (Å²) < 4.78 is 65.4. The molecule has 0 bridgehead atoms. The highest BCUT2D eigenvalue weighted by Gasteiger charge is 2.42. The zero-order valence-corrected chi connectivity index (χ0v) is 23.6. The molecule has 1 aromatic carbocycles. The second-order valence-corrected chi connectivity index (χ2v) is 11.8. The van der Waals surface area contributed by atoms with Crippen LogP contribution in [0, 0.1) is 5.82 Å². The van der Waals surface area contributed by atoms with Crippen molar-refractivity contribution in [2.45, 2.75) is 76.2 Å². The Bertz CT molecular complexity index is 1370. The van der Waals surface area contributed by atoms with Crippen LogP contribution in [0.3, 0.4) is 0 Å². The molecule has 0 unspecified atom stereocenters. The Kier molecular flexibility index (Phi) is 7.99. The van der Waals surface area contributed by atoms with Crippen LogP contribution < -0.4 is 10.2 Å². The molecule has 0 radical (unpaired) electrons. The van der Waals surface area contributed by atoms with E-state index < -0.39 is 34.7 Å². The van der Waals surface area contributed by atoms with E-state index in [2.05, 4.69) is 25.4 Å². The third-order valence-corrected chi connectivity index (χ3v) is 7.47. The Balaban J connectivity index is 1.31. The number of likely N-dealkylation sites (tertiary alicyclic amines) is 1. The molecule has 5 rings (SSSR count). The molecule has 1 N–H and O–H groups in total. The van der Waals surface area contributed by atoms with Crippen molar-refractivity contribution in [1.82, 2.24) is 25.0 Å². The lowest BCUT2D eigenvalue weighted by Gasteiger charge is -2.40. The van der Waals surface area contributed by atoms with Crippen molar-refractivity contribution in [2.75, 3.05) is 29.9 Å². The number of ether oxygens (including phenoxy) is 1. The van der Waals surface area contributed by atoms with E-state index in [1.165, 1.54) is 24.9 Å². The van der Waals surface area contributed by atoms with Gasteiger partial charge in [-0.15, -0.1) is 0 Å². The highest BCUT2D eigenvalue weighted by Crippen LogP contribution is 2.37. The van der Waals surface area contributed by atoms with Crippen molar-refractivity contribution in [3.63, 3.8) is 0 Å². The van der Waals surface area contributed by atoms with E-state index in [1.807, 2.05) is 0 Å². The van der Waals surface area contributed by atoms with Gasteiger partial charge in [-0.2, -0.15) is 22.5 Å².